The number of phenolic OH excluding ortho intramolecular Hbond substituents is 1. The number of benzene rings is 3. The van der Waals surface area contributed by atoms with Crippen molar-refractivity contribution in [3.05, 3.63) is 101 Å². The summed E-state index contributed by atoms with van der Waals surface area (Å²) in [6.07, 6.45) is 0.924. The summed E-state index contributed by atoms with van der Waals surface area (Å²) in [6, 6.07) is 18.2. The highest BCUT2D eigenvalue weighted by Crippen LogP contribution is 2.32. The Labute approximate surface area is 295 Å². The van der Waals surface area contributed by atoms with E-state index in [9.17, 15) is 24.6 Å². The minimum atomic E-state index is -1.09. The molecule has 1 fully saturated rings. The molecular weight excluding hydrogens is 662 g/mol. The highest BCUT2D eigenvalue weighted by atomic mass is 35.5. The zero-order valence-electron chi connectivity index (χ0n) is 27.9. The highest BCUT2D eigenvalue weighted by molar-refractivity contribution is 6.31. The van der Waals surface area contributed by atoms with Crippen LogP contribution in [0.2, 0.25) is 5.02 Å². The first-order valence-corrected chi connectivity index (χ1v) is 16.3. The first-order chi connectivity index (χ1) is 23.9. The van der Waals surface area contributed by atoms with Gasteiger partial charge in [0.2, 0.25) is 5.91 Å². The van der Waals surface area contributed by atoms with Gasteiger partial charge in [-0.3, -0.25) is 14.3 Å². The molecule has 2 atom stereocenters. The van der Waals surface area contributed by atoms with Gasteiger partial charge in [0.05, 0.1) is 31.9 Å². The molecule has 5 rings (SSSR count). The predicted octanol–water partition coefficient (Wildman–Crippen LogP) is 4.73. The Morgan fingerprint density at radius 3 is 2.52 bits per heavy atom. The number of phenols is 1. The van der Waals surface area contributed by atoms with E-state index in [0.717, 1.165) is 0 Å². The number of morpholine rings is 1. The van der Waals surface area contributed by atoms with Gasteiger partial charge in [0.1, 0.15) is 29.1 Å². The molecule has 1 aromatic heterocycles. The lowest BCUT2D eigenvalue weighted by molar-refractivity contribution is -0.148. The zero-order valence-corrected chi connectivity index (χ0v) is 28.6. The molecule has 0 bridgehead atoms. The third kappa shape index (κ3) is 9.21. The van der Waals surface area contributed by atoms with Crippen molar-refractivity contribution in [2.24, 2.45) is 0 Å². The van der Waals surface area contributed by atoms with Crippen LogP contribution in [-0.2, 0) is 25.6 Å². The maximum Gasteiger partial charge on any atom is 0.408 e. The lowest BCUT2D eigenvalue weighted by atomic mass is 10.0. The van der Waals surface area contributed by atoms with Gasteiger partial charge in [0.25, 0.3) is 5.91 Å². The lowest BCUT2D eigenvalue weighted by Gasteiger charge is -2.37. The summed E-state index contributed by atoms with van der Waals surface area (Å²) in [4.78, 5) is 41.6. The van der Waals surface area contributed by atoms with Crippen molar-refractivity contribution in [1.82, 2.24) is 20.0 Å². The van der Waals surface area contributed by atoms with E-state index in [-0.39, 0.29) is 38.7 Å². The van der Waals surface area contributed by atoms with Gasteiger partial charge in [-0.25, -0.2) is 4.79 Å². The number of rotatable bonds is 8. The van der Waals surface area contributed by atoms with E-state index in [1.807, 2.05) is 0 Å². The molecular formula is C37H38ClN5O7. The number of carbonyl (C=O) groups is 3. The number of aliphatic hydroxyl groups excluding tert-OH is 1. The summed E-state index contributed by atoms with van der Waals surface area (Å²) in [5.74, 6) is 5.22. The molecule has 0 spiro atoms. The topological polar surface area (TPSA) is 155 Å². The van der Waals surface area contributed by atoms with Crippen molar-refractivity contribution in [2.45, 2.75) is 45.0 Å². The van der Waals surface area contributed by atoms with Gasteiger partial charge in [-0.1, -0.05) is 53.8 Å². The van der Waals surface area contributed by atoms with Crippen molar-refractivity contribution < 1.29 is 34.1 Å². The average molecular weight is 700 g/mol. The second-order valence-electron chi connectivity index (χ2n) is 12.5. The first kappa shape index (κ1) is 35.9. The van der Waals surface area contributed by atoms with Crippen molar-refractivity contribution in [1.29, 1.82) is 0 Å². The number of halogens is 1. The number of ether oxygens (including phenoxy) is 2. The average Bonchev–Trinajstić information content (AvgIpc) is 3.49. The highest BCUT2D eigenvalue weighted by Gasteiger charge is 2.38. The van der Waals surface area contributed by atoms with Crippen molar-refractivity contribution in [3.8, 4) is 28.8 Å². The van der Waals surface area contributed by atoms with Crippen molar-refractivity contribution >= 4 is 35.2 Å². The summed E-state index contributed by atoms with van der Waals surface area (Å²) >= 11 is 6.16. The number of aromatic hydroxyl groups is 1. The smallest absolute Gasteiger partial charge is 0.408 e. The van der Waals surface area contributed by atoms with Crippen LogP contribution in [0.15, 0.2) is 79.0 Å². The van der Waals surface area contributed by atoms with Crippen LogP contribution in [0, 0.1) is 11.8 Å². The Hall–Kier alpha value is -5.35. The van der Waals surface area contributed by atoms with E-state index < -0.39 is 35.6 Å². The molecule has 1 aliphatic heterocycles. The molecule has 0 radical (unpaired) electrons. The number of aromatic nitrogens is 2. The van der Waals surface area contributed by atoms with Crippen LogP contribution in [0.5, 0.6) is 5.75 Å². The first-order valence-electron chi connectivity index (χ1n) is 15.9. The van der Waals surface area contributed by atoms with E-state index >= 15 is 0 Å². The molecule has 1 aliphatic rings. The third-order valence-electron chi connectivity index (χ3n) is 7.55. The van der Waals surface area contributed by atoms with Crippen LogP contribution in [0.3, 0.4) is 0 Å². The van der Waals surface area contributed by atoms with Gasteiger partial charge < -0.3 is 35.2 Å². The Bertz CT molecular complexity index is 1900. The Kier molecular flexibility index (Phi) is 11.4. The molecule has 2 heterocycles. The fourth-order valence-corrected chi connectivity index (χ4v) is 5.41. The van der Waals surface area contributed by atoms with Crippen LogP contribution in [0.1, 0.15) is 43.5 Å². The van der Waals surface area contributed by atoms with Crippen LogP contribution in [0.4, 0.5) is 10.5 Å². The largest absolute Gasteiger partial charge is 0.507 e. The van der Waals surface area contributed by atoms with Gasteiger partial charge in [-0.2, -0.15) is 5.10 Å². The molecule has 12 nitrogen and oxygen atoms in total. The van der Waals surface area contributed by atoms with Crippen LogP contribution >= 0.6 is 11.6 Å². The minimum Gasteiger partial charge on any atom is -0.507 e. The molecule has 2 unspecified atom stereocenters. The normalized spacial score (nSPS) is 15.0. The number of alkyl carbamates (subject to hydrolysis) is 1. The predicted molar refractivity (Wildman–Crippen MR) is 187 cm³/mol. The molecule has 260 valence electrons. The van der Waals surface area contributed by atoms with E-state index in [4.69, 9.17) is 21.1 Å². The van der Waals surface area contributed by atoms with Crippen LogP contribution in [0.25, 0.3) is 11.3 Å². The number of nitrogens with one attached hydrogen (secondary N) is 2. The maximum atomic E-state index is 14.0. The number of amides is 3. The summed E-state index contributed by atoms with van der Waals surface area (Å²) in [5, 5.41) is 30.3. The van der Waals surface area contributed by atoms with Gasteiger partial charge in [-0.15, -0.1) is 0 Å². The fraction of sp³-hybridized carbons (Fsp3) is 0.297. The molecule has 3 amide bonds. The molecule has 0 saturated carbocycles. The molecule has 4 aromatic rings. The van der Waals surface area contributed by atoms with Crippen molar-refractivity contribution in [2.75, 3.05) is 31.7 Å². The Morgan fingerprint density at radius 1 is 1.08 bits per heavy atom. The van der Waals surface area contributed by atoms with Gasteiger partial charge in [0, 0.05) is 34.6 Å². The lowest BCUT2D eigenvalue weighted by Crippen LogP contribution is -2.57. The quantitative estimate of drug-likeness (QED) is 0.193. The molecule has 50 heavy (non-hydrogen) atoms. The van der Waals surface area contributed by atoms with Crippen LogP contribution in [-0.4, -0.2) is 80.8 Å². The molecule has 13 heteroatoms. The third-order valence-corrected chi connectivity index (χ3v) is 7.79. The second kappa shape index (κ2) is 15.9. The summed E-state index contributed by atoms with van der Waals surface area (Å²) in [5.41, 5.74) is 2.23. The van der Waals surface area contributed by atoms with E-state index in [1.54, 1.807) is 93.7 Å². The minimum absolute atomic E-state index is 0.00897. The van der Waals surface area contributed by atoms with Gasteiger partial charge in [-0.05, 0) is 68.8 Å². The Morgan fingerprint density at radius 2 is 1.82 bits per heavy atom. The van der Waals surface area contributed by atoms with Gasteiger partial charge >= 0.3 is 6.09 Å². The SMILES string of the molecule is CC(C)(C)OC(=O)NC(C(=O)N1CCOCC1C(=O)Nc1ccc(C#Cc2cn(CCO)nc2-c2cc(Cl)ccc2O)cc1)c1ccccc1. The Balaban J connectivity index is 1.31. The molecule has 3 aromatic carbocycles. The summed E-state index contributed by atoms with van der Waals surface area (Å²) in [6.45, 7) is 5.66. The van der Waals surface area contributed by atoms with E-state index in [1.165, 1.54) is 15.6 Å². The summed E-state index contributed by atoms with van der Waals surface area (Å²) < 4.78 is 12.5. The van der Waals surface area contributed by atoms with Gasteiger partial charge in [0.15, 0.2) is 0 Å². The molecule has 1 saturated heterocycles. The number of hydrogen-bond acceptors (Lipinski definition) is 8. The monoisotopic (exact) mass is 699 g/mol. The standard InChI is InChI=1S/C37H38ClN5O7/c1-37(2,3)50-36(48)40-33(25-7-5-4-6-8-25)35(47)43-18-20-49-23-30(43)34(46)39-28-14-10-24(11-15-28)9-12-26-22-42(17-19-44)41-32(26)29-21-27(38)13-16-31(29)45/h4-8,10-11,13-16,21-22,30,33,44-45H,17-20,23H2,1-3H3,(H,39,46)(H,40,48). The molecule has 4 N–H and O–H groups in total. The fourth-order valence-electron chi connectivity index (χ4n) is 5.24. The maximum absolute atomic E-state index is 14.0. The van der Waals surface area contributed by atoms with E-state index in [0.29, 0.717) is 38.7 Å². The van der Waals surface area contributed by atoms with E-state index in [2.05, 4.69) is 27.6 Å². The number of hydrogen-bond donors (Lipinski definition) is 4. The second-order valence-corrected chi connectivity index (χ2v) is 12.9. The number of aliphatic hydroxyl groups is 1. The summed E-state index contributed by atoms with van der Waals surface area (Å²) in [7, 11) is 0. The number of nitrogens with zero attached hydrogens (tertiary/aromatic N) is 3. The van der Waals surface area contributed by atoms with Crippen LogP contribution < -0.4 is 10.6 Å². The number of anilines is 1. The van der Waals surface area contributed by atoms with Crippen molar-refractivity contribution in [3.63, 3.8) is 0 Å². The zero-order chi connectivity index (χ0) is 35.8. The molecule has 0 aliphatic carbocycles. The number of carbonyl (C=O) groups excluding carboxylic acids is 3.